The molecule has 0 radical (unpaired) electrons. The van der Waals surface area contributed by atoms with E-state index in [1.807, 2.05) is 32.0 Å². The van der Waals surface area contributed by atoms with Gasteiger partial charge >= 0.3 is 0 Å². The Kier molecular flexibility index (Phi) is 5.36. The Morgan fingerprint density at radius 3 is 2.58 bits per heavy atom. The van der Waals surface area contributed by atoms with Crippen LogP contribution in [0.5, 0.6) is 5.75 Å². The molecule has 104 valence electrons. The molecule has 1 aromatic carbocycles. The van der Waals surface area contributed by atoms with E-state index in [0.717, 1.165) is 11.1 Å². The van der Waals surface area contributed by atoms with Crippen LogP contribution in [0.4, 0.5) is 0 Å². The van der Waals surface area contributed by atoms with Crippen molar-refractivity contribution in [3.8, 4) is 5.75 Å². The lowest BCUT2D eigenvalue weighted by atomic mass is 10.1. The van der Waals surface area contributed by atoms with Gasteiger partial charge in [-0.2, -0.15) is 0 Å². The van der Waals surface area contributed by atoms with Crippen molar-refractivity contribution in [1.29, 1.82) is 0 Å². The molecule has 1 rings (SSSR count). The number of nitrogens with one attached hydrogen (secondary N) is 1. The van der Waals surface area contributed by atoms with Gasteiger partial charge < -0.3 is 15.0 Å². The molecule has 0 saturated heterocycles. The third kappa shape index (κ3) is 4.62. The molecule has 0 spiro atoms. The molecule has 0 bridgehead atoms. The molecule has 0 aliphatic heterocycles. The Balaban J connectivity index is 2.42. The first-order valence-corrected chi connectivity index (χ1v) is 6.07. The molecule has 0 heterocycles. The number of hydrogen-bond donors (Lipinski definition) is 1. The first-order chi connectivity index (χ1) is 8.91. The summed E-state index contributed by atoms with van der Waals surface area (Å²) in [5, 5.41) is 2.51. The molecule has 0 atom stereocenters. The molecule has 0 aliphatic rings. The van der Waals surface area contributed by atoms with Crippen LogP contribution in [0.2, 0.25) is 0 Å². The minimum absolute atomic E-state index is 0.0119. The second kappa shape index (κ2) is 6.78. The molecule has 1 aromatic rings. The molecular weight excluding hydrogens is 244 g/mol. The van der Waals surface area contributed by atoms with E-state index < -0.39 is 0 Å². The lowest BCUT2D eigenvalue weighted by Gasteiger charge is -2.12. The van der Waals surface area contributed by atoms with Gasteiger partial charge in [-0.3, -0.25) is 9.59 Å². The van der Waals surface area contributed by atoms with Crippen molar-refractivity contribution >= 4 is 11.8 Å². The third-order valence-corrected chi connectivity index (χ3v) is 2.85. The number of likely N-dealkylation sites (N-methyl/N-ethyl adjacent to an activating group) is 1. The van der Waals surface area contributed by atoms with Crippen molar-refractivity contribution in [2.45, 2.75) is 13.8 Å². The second-order valence-corrected chi connectivity index (χ2v) is 4.55. The summed E-state index contributed by atoms with van der Waals surface area (Å²) < 4.78 is 5.44. The van der Waals surface area contributed by atoms with Gasteiger partial charge in [0.2, 0.25) is 5.91 Å². The zero-order valence-corrected chi connectivity index (χ0v) is 11.8. The molecule has 0 saturated carbocycles. The number of carbonyl (C=O) groups is 2. The van der Waals surface area contributed by atoms with Crippen LogP contribution in [0.15, 0.2) is 18.2 Å². The van der Waals surface area contributed by atoms with Gasteiger partial charge in [-0.15, -0.1) is 0 Å². The van der Waals surface area contributed by atoms with Gasteiger partial charge in [-0.05, 0) is 31.0 Å². The summed E-state index contributed by atoms with van der Waals surface area (Å²) in [5.74, 6) is 0.227. The highest BCUT2D eigenvalue weighted by molar-refractivity contribution is 5.85. The van der Waals surface area contributed by atoms with Crippen molar-refractivity contribution in [3.05, 3.63) is 29.3 Å². The van der Waals surface area contributed by atoms with E-state index in [0.29, 0.717) is 5.75 Å². The predicted octanol–water partition coefficient (Wildman–Crippen LogP) is 0.887. The average molecular weight is 264 g/mol. The van der Waals surface area contributed by atoms with Crippen LogP contribution in [0.25, 0.3) is 0 Å². The van der Waals surface area contributed by atoms with Gasteiger partial charge in [0.25, 0.3) is 5.91 Å². The fourth-order valence-electron chi connectivity index (χ4n) is 1.41. The maximum absolute atomic E-state index is 11.5. The molecule has 1 N–H and O–H groups in total. The maximum atomic E-state index is 11.5. The molecule has 19 heavy (non-hydrogen) atoms. The van der Waals surface area contributed by atoms with E-state index in [1.165, 1.54) is 4.90 Å². The quantitative estimate of drug-likeness (QED) is 0.859. The Morgan fingerprint density at radius 1 is 1.26 bits per heavy atom. The molecular formula is C14H20N2O3. The monoisotopic (exact) mass is 264 g/mol. The summed E-state index contributed by atoms with van der Waals surface area (Å²) in [6.07, 6.45) is 0. The van der Waals surface area contributed by atoms with Crippen molar-refractivity contribution < 1.29 is 14.3 Å². The van der Waals surface area contributed by atoms with E-state index in [-0.39, 0.29) is 25.0 Å². The van der Waals surface area contributed by atoms with Gasteiger partial charge in [0, 0.05) is 14.1 Å². The van der Waals surface area contributed by atoms with E-state index in [1.54, 1.807) is 14.1 Å². The minimum atomic E-state index is -0.309. The Labute approximate surface area is 113 Å². The number of nitrogens with zero attached hydrogens (tertiary/aromatic N) is 1. The fourth-order valence-corrected chi connectivity index (χ4v) is 1.41. The summed E-state index contributed by atoms with van der Waals surface area (Å²) in [6.45, 7) is 3.82. The lowest BCUT2D eigenvalue weighted by Crippen LogP contribution is -2.38. The number of rotatable bonds is 5. The highest BCUT2D eigenvalue weighted by Crippen LogP contribution is 2.20. The molecule has 2 amide bonds. The summed E-state index contributed by atoms with van der Waals surface area (Å²) in [6, 6.07) is 5.68. The van der Waals surface area contributed by atoms with Gasteiger partial charge in [0.05, 0.1) is 6.54 Å². The van der Waals surface area contributed by atoms with Crippen LogP contribution in [0, 0.1) is 13.8 Å². The number of aryl methyl sites for hydroxylation is 1. The van der Waals surface area contributed by atoms with Crippen LogP contribution in [-0.4, -0.2) is 44.0 Å². The molecule has 0 fully saturated rings. The van der Waals surface area contributed by atoms with Crippen molar-refractivity contribution in [2.75, 3.05) is 27.2 Å². The zero-order valence-electron chi connectivity index (χ0n) is 11.8. The van der Waals surface area contributed by atoms with Crippen molar-refractivity contribution in [2.24, 2.45) is 0 Å². The van der Waals surface area contributed by atoms with Gasteiger partial charge in [-0.1, -0.05) is 12.1 Å². The van der Waals surface area contributed by atoms with E-state index in [9.17, 15) is 9.59 Å². The van der Waals surface area contributed by atoms with E-state index >= 15 is 0 Å². The van der Waals surface area contributed by atoms with Crippen LogP contribution in [0.3, 0.4) is 0 Å². The highest BCUT2D eigenvalue weighted by atomic mass is 16.5. The number of carbonyl (C=O) groups excluding carboxylic acids is 2. The summed E-state index contributed by atoms with van der Waals surface area (Å²) >= 11 is 0. The summed E-state index contributed by atoms with van der Waals surface area (Å²) in [5.41, 5.74) is 2.13. The Hall–Kier alpha value is -2.04. The largest absolute Gasteiger partial charge is 0.483 e. The number of benzene rings is 1. The van der Waals surface area contributed by atoms with E-state index in [4.69, 9.17) is 4.74 Å². The SMILES string of the molecule is Cc1cccc(OCC(=O)NCC(=O)N(C)C)c1C. The molecule has 5 heteroatoms. The normalized spacial score (nSPS) is 9.89. The van der Waals surface area contributed by atoms with Gasteiger partial charge in [0.15, 0.2) is 6.61 Å². The summed E-state index contributed by atoms with van der Waals surface area (Å²) in [4.78, 5) is 24.2. The first-order valence-electron chi connectivity index (χ1n) is 6.07. The van der Waals surface area contributed by atoms with Crippen LogP contribution >= 0.6 is 0 Å². The summed E-state index contributed by atoms with van der Waals surface area (Å²) in [7, 11) is 3.28. The number of amides is 2. The smallest absolute Gasteiger partial charge is 0.258 e. The maximum Gasteiger partial charge on any atom is 0.258 e. The highest BCUT2D eigenvalue weighted by Gasteiger charge is 2.08. The van der Waals surface area contributed by atoms with Crippen molar-refractivity contribution in [1.82, 2.24) is 10.2 Å². The minimum Gasteiger partial charge on any atom is -0.483 e. The van der Waals surface area contributed by atoms with Gasteiger partial charge in [-0.25, -0.2) is 0 Å². The standard InChI is InChI=1S/C14H20N2O3/c1-10-6-5-7-12(11(10)2)19-9-13(17)15-8-14(18)16(3)4/h5-7H,8-9H2,1-4H3,(H,15,17). The van der Waals surface area contributed by atoms with Crippen LogP contribution < -0.4 is 10.1 Å². The molecule has 5 nitrogen and oxygen atoms in total. The second-order valence-electron chi connectivity index (χ2n) is 4.55. The fraction of sp³-hybridized carbons (Fsp3) is 0.429. The molecule has 0 aliphatic carbocycles. The molecule has 0 aromatic heterocycles. The zero-order chi connectivity index (χ0) is 14.4. The van der Waals surface area contributed by atoms with E-state index in [2.05, 4.69) is 5.32 Å². The third-order valence-electron chi connectivity index (χ3n) is 2.85. The van der Waals surface area contributed by atoms with Gasteiger partial charge in [0.1, 0.15) is 5.75 Å². The topological polar surface area (TPSA) is 58.6 Å². The van der Waals surface area contributed by atoms with Crippen LogP contribution in [0.1, 0.15) is 11.1 Å². The number of ether oxygens (including phenoxy) is 1. The molecule has 0 unspecified atom stereocenters. The predicted molar refractivity (Wildman–Crippen MR) is 73.1 cm³/mol. The Bertz CT molecular complexity index is 470. The Morgan fingerprint density at radius 2 is 1.95 bits per heavy atom. The van der Waals surface area contributed by atoms with Crippen LogP contribution in [-0.2, 0) is 9.59 Å². The lowest BCUT2D eigenvalue weighted by molar-refractivity contribution is -0.131. The average Bonchev–Trinajstić information content (AvgIpc) is 2.37. The van der Waals surface area contributed by atoms with Crippen molar-refractivity contribution in [3.63, 3.8) is 0 Å². The first kappa shape index (κ1) is 15.0. The number of hydrogen-bond acceptors (Lipinski definition) is 3.